The van der Waals surface area contributed by atoms with Gasteiger partial charge in [-0.3, -0.25) is 4.79 Å². The molecule has 0 heterocycles. The first kappa shape index (κ1) is 16.5. The molecule has 0 saturated heterocycles. The highest BCUT2D eigenvalue weighted by molar-refractivity contribution is 9.10. The Balaban J connectivity index is 2.19. The largest absolute Gasteiger partial charge is 0.496 e. The molecule has 0 radical (unpaired) electrons. The van der Waals surface area contributed by atoms with Crippen molar-refractivity contribution in [3.63, 3.8) is 0 Å². The van der Waals surface area contributed by atoms with Gasteiger partial charge in [-0.05, 0) is 42.8 Å². The molecular weight excluding hydrogens is 368 g/mol. The molecule has 0 aliphatic heterocycles. The lowest BCUT2D eigenvalue weighted by atomic mass is 10.1. The van der Waals surface area contributed by atoms with Crippen LogP contribution in [-0.4, -0.2) is 18.7 Å². The van der Waals surface area contributed by atoms with Crippen LogP contribution in [0.3, 0.4) is 0 Å². The minimum atomic E-state index is -0.381. The van der Waals surface area contributed by atoms with E-state index in [1.54, 1.807) is 18.2 Å². The lowest BCUT2D eigenvalue weighted by Gasteiger charge is -2.08. The molecule has 0 atom stereocenters. The minimum Gasteiger partial charge on any atom is -0.496 e. The van der Waals surface area contributed by atoms with Gasteiger partial charge in [-0.1, -0.05) is 39.7 Å². The van der Waals surface area contributed by atoms with Gasteiger partial charge in [0, 0.05) is 9.50 Å². The fourth-order valence-electron chi connectivity index (χ4n) is 1.83. The van der Waals surface area contributed by atoms with Crippen molar-refractivity contribution < 1.29 is 9.53 Å². The van der Waals surface area contributed by atoms with Crippen molar-refractivity contribution in [2.24, 2.45) is 5.10 Å². The molecule has 0 saturated carbocycles. The lowest BCUT2D eigenvalue weighted by Crippen LogP contribution is -2.20. The van der Waals surface area contributed by atoms with Gasteiger partial charge in [0.05, 0.1) is 18.4 Å². The van der Waals surface area contributed by atoms with Crippen LogP contribution in [0, 0.1) is 0 Å². The Hall–Kier alpha value is -1.85. The van der Waals surface area contributed by atoms with Crippen molar-refractivity contribution in [1.82, 2.24) is 5.43 Å². The van der Waals surface area contributed by atoms with Crippen LogP contribution in [-0.2, 0) is 0 Å². The van der Waals surface area contributed by atoms with Crippen molar-refractivity contribution in [2.75, 3.05) is 7.11 Å². The lowest BCUT2D eigenvalue weighted by molar-refractivity contribution is 0.0952. The maximum atomic E-state index is 12.2. The number of rotatable bonds is 4. The molecule has 0 fully saturated rings. The van der Waals surface area contributed by atoms with Gasteiger partial charge in [0.25, 0.3) is 5.91 Å². The SMILES string of the molecule is COc1ccc(Cl)cc1C(=O)NN=C(C)c1cccc(Br)c1. The normalized spacial score (nSPS) is 11.2. The number of carbonyl (C=O) groups excluding carboxylic acids is 1. The van der Waals surface area contributed by atoms with Crippen LogP contribution in [0.2, 0.25) is 5.02 Å². The van der Waals surface area contributed by atoms with E-state index in [4.69, 9.17) is 16.3 Å². The first-order chi connectivity index (χ1) is 10.5. The number of amides is 1. The summed E-state index contributed by atoms with van der Waals surface area (Å²) >= 11 is 9.32. The first-order valence-corrected chi connectivity index (χ1v) is 7.62. The average Bonchev–Trinajstić information content (AvgIpc) is 2.52. The van der Waals surface area contributed by atoms with E-state index in [2.05, 4.69) is 26.5 Å². The van der Waals surface area contributed by atoms with Gasteiger partial charge < -0.3 is 4.74 Å². The smallest absolute Gasteiger partial charge is 0.275 e. The predicted octanol–water partition coefficient (Wildman–Crippen LogP) is 4.27. The molecule has 4 nitrogen and oxygen atoms in total. The first-order valence-electron chi connectivity index (χ1n) is 6.45. The van der Waals surface area contributed by atoms with E-state index in [0.717, 1.165) is 10.0 Å². The Morgan fingerprint density at radius 3 is 2.73 bits per heavy atom. The fourth-order valence-corrected chi connectivity index (χ4v) is 2.40. The second-order valence-corrected chi connectivity index (χ2v) is 5.85. The van der Waals surface area contributed by atoms with Crippen LogP contribution in [0.15, 0.2) is 52.0 Å². The molecular formula is C16H14BrClN2O2. The summed E-state index contributed by atoms with van der Waals surface area (Å²) in [6.07, 6.45) is 0. The molecule has 1 N–H and O–H groups in total. The van der Waals surface area contributed by atoms with E-state index in [9.17, 15) is 4.79 Å². The molecule has 22 heavy (non-hydrogen) atoms. The van der Waals surface area contributed by atoms with Gasteiger partial charge >= 0.3 is 0 Å². The minimum absolute atomic E-state index is 0.334. The highest BCUT2D eigenvalue weighted by Crippen LogP contribution is 2.22. The molecule has 0 unspecified atom stereocenters. The zero-order valence-electron chi connectivity index (χ0n) is 12.1. The van der Waals surface area contributed by atoms with Crippen LogP contribution in [0.5, 0.6) is 5.75 Å². The van der Waals surface area contributed by atoms with Crippen LogP contribution >= 0.6 is 27.5 Å². The molecule has 0 bridgehead atoms. The molecule has 6 heteroatoms. The number of carbonyl (C=O) groups is 1. The third kappa shape index (κ3) is 4.08. The van der Waals surface area contributed by atoms with Crippen LogP contribution in [0.4, 0.5) is 0 Å². The Labute approximate surface area is 142 Å². The maximum absolute atomic E-state index is 12.2. The number of hydrogen-bond donors (Lipinski definition) is 1. The number of ether oxygens (including phenoxy) is 1. The number of nitrogens with zero attached hydrogens (tertiary/aromatic N) is 1. The second-order valence-electron chi connectivity index (χ2n) is 4.49. The molecule has 1 amide bonds. The molecule has 0 aliphatic rings. The number of methoxy groups -OCH3 is 1. The van der Waals surface area contributed by atoms with E-state index in [0.29, 0.717) is 22.0 Å². The van der Waals surface area contributed by atoms with Gasteiger partial charge in [0.1, 0.15) is 5.75 Å². The van der Waals surface area contributed by atoms with Gasteiger partial charge in [-0.25, -0.2) is 5.43 Å². The Morgan fingerprint density at radius 2 is 2.05 bits per heavy atom. The van der Waals surface area contributed by atoms with Crippen LogP contribution in [0.1, 0.15) is 22.8 Å². The topological polar surface area (TPSA) is 50.7 Å². The monoisotopic (exact) mass is 380 g/mol. The summed E-state index contributed by atoms with van der Waals surface area (Å²) in [5.41, 5.74) is 4.45. The van der Waals surface area contributed by atoms with Crippen molar-refractivity contribution in [3.05, 3.63) is 63.1 Å². The van der Waals surface area contributed by atoms with E-state index in [1.807, 2.05) is 31.2 Å². The highest BCUT2D eigenvalue weighted by Gasteiger charge is 2.12. The van der Waals surface area contributed by atoms with Gasteiger partial charge in [0.15, 0.2) is 0 Å². The number of hydrogen-bond acceptors (Lipinski definition) is 3. The fraction of sp³-hybridized carbons (Fsp3) is 0.125. The van der Waals surface area contributed by atoms with Gasteiger partial charge in [-0.15, -0.1) is 0 Å². The van der Waals surface area contributed by atoms with Gasteiger partial charge in [-0.2, -0.15) is 5.10 Å². The molecule has 0 aromatic heterocycles. The molecule has 2 aromatic rings. The summed E-state index contributed by atoms with van der Waals surface area (Å²) in [6.45, 7) is 1.82. The van der Waals surface area contributed by atoms with E-state index in [-0.39, 0.29) is 5.91 Å². The molecule has 114 valence electrons. The Morgan fingerprint density at radius 1 is 1.27 bits per heavy atom. The molecule has 2 aromatic carbocycles. The second kappa shape index (κ2) is 7.42. The van der Waals surface area contributed by atoms with Gasteiger partial charge in [0.2, 0.25) is 0 Å². The zero-order chi connectivity index (χ0) is 16.1. The Bertz CT molecular complexity index is 732. The third-order valence-electron chi connectivity index (χ3n) is 2.97. The standard InChI is InChI=1S/C16H14BrClN2O2/c1-10(11-4-3-5-12(17)8-11)19-20-16(21)14-9-13(18)6-7-15(14)22-2/h3-9H,1-2H3,(H,20,21). The summed E-state index contributed by atoms with van der Waals surface area (Å²) in [5.74, 6) is 0.0610. The molecule has 2 rings (SSSR count). The zero-order valence-corrected chi connectivity index (χ0v) is 14.4. The summed E-state index contributed by atoms with van der Waals surface area (Å²) in [7, 11) is 1.50. The van der Waals surface area contributed by atoms with Crippen molar-refractivity contribution in [3.8, 4) is 5.75 Å². The van der Waals surface area contributed by atoms with E-state index in [1.165, 1.54) is 7.11 Å². The summed E-state index contributed by atoms with van der Waals surface area (Å²) in [6, 6.07) is 12.5. The quantitative estimate of drug-likeness (QED) is 0.635. The third-order valence-corrected chi connectivity index (χ3v) is 3.70. The number of nitrogens with one attached hydrogen (secondary N) is 1. The van der Waals surface area contributed by atoms with E-state index >= 15 is 0 Å². The number of hydrazone groups is 1. The highest BCUT2D eigenvalue weighted by atomic mass is 79.9. The Kier molecular flexibility index (Phi) is 5.57. The van der Waals surface area contributed by atoms with E-state index < -0.39 is 0 Å². The van der Waals surface area contributed by atoms with Crippen molar-refractivity contribution in [1.29, 1.82) is 0 Å². The van der Waals surface area contributed by atoms with Crippen LogP contribution < -0.4 is 10.2 Å². The van der Waals surface area contributed by atoms with Crippen molar-refractivity contribution in [2.45, 2.75) is 6.92 Å². The maximum Gasteiger partial charge on any atom is 0.275 e. The number of benzene rings is 2. The summed E-state index contributed by atoms with van der Waals surface area (Å²) < 4.78 is 6.10. The summed E-state index contributed by atoms with van der Waals surface area (Å²) in [5, 5.41) is 4.57. The predicted molar refractivity (Wildman–Crippen MR) is 91.8 cm³/mol. The van der Waals surface area contributed by atoms with Crippen LogP contribution in [0.25, 0.3) is 0 Å². The molecule has 0 spiro atoms. The average molecular weight is 382 g/mol. The number of halogens is 2. The summed E-state index contributed by atoms with van der Waals surface area (Å²) in [4.78, 5) is 12.2. The molecule has 0 aliphatic carbocycles. The van der Waals surface area contributed by atoms with Crippen molar-refractivity contribution >= 4 is 39.1 Å².